The standard InChI is InChI=1S/C21H27N5O4/c1-9-15-16(25-13-6-4-3-5-12(13)24-15)14-10(8-30-21(23)28)17-20(29-2)11(22)7-26(17)18(14)19(9)27/h11-13,20,27H,3-8,22H2,1-2H3,(H2,23,28)/t11-,12-,13-,20+/m0/s1. The Hall–Kier alpha value is -2.65. The fourth-order valence-corrected chi connectivity index (χ4v) is 5.38. The van der Waals surface area contributed by atoms with E-state index in [4.69, 9.17) is 30.9 Å². The number of carbonyl (C=O) groups is 1. The predicted molar refractivity (Wildman–Crippen MR) is 109 cm³/mol. The van der Waals surface area contributed by atoms with E-state index in [1.165, 1.54) is 0 Å². The number of nitrogens with zero attached hydrogens (tertiary/aromatic N) is 3. The van der Waals surface area contributed by atoms with Gasteiger partial charge in [0.25, 0.3) is 0 Å². The quantitative estimate of drug-likeness (QED) is 0.685. The first-order valence-corrected chi connectivity index (χ1v) is 10.4. The van der Waals surface area contributed by atoms with Gasteiger partial charge in [-0.25, -0.2) is 4.79 Å². The van der Waals surface area contributed by atoms with Crippen molar-refractivity contribution in [1.29, 1.82) is 0 Å². The van der Waals surface area contributed by atoms with Crippen LogP contribution in [0.2, 0.25) is 0 Å². The minimum atomic E-state index is -0.862. The molecule has 3 heterocycles. The maximum absolute atomic E-state index is 11.4. The van der Waals surface area contributed by atoms with Gasteiger partial charge in [-0.15, -0.1) is 0 Å². The highest BCUT2D eigenvalue weighted by Crippen LogP contribution is 2.41. The monoisotopic (exact) mass is 413 g/mol. The summed E-state index contributed by atoms with van der Waals surface area (Å²) in [6, 6.07) is 0.0158. The number of carbonyl (C=O) groups excluding carboxylic acids is 1. The van der Waals surface area contributed by atoms with Gasteiger partial charge in [0.05, 0.1) is 40.1 Å². The highest BCUT2D eigenvalue weighted by Gasteiger charge is 2.38. The van der Waals surface area contributed by atoms with Gasteiger partial charge in [0.2, 0.25) is 0 Å². The van der Waals surface area contributed by atoms with Gasteiger partial charge in [-0.2, -0.15) is 0 Å². The zero-order chi connectivity index (χ0) is 21.2. The van der Waals surface area contributed by atoms with Crippen LogP contribution >= 0.6 is 0 Å². The molecule has 3 aliphatic rings. The lowest BCUT2D eigenvalue weighted by Gasteiger charge is -2.28. The average molecular weight is 413 g/mol. The Kier molecular flexibility index (Phi) is 4.48. The van der Waals surface area contributed by atoms with Crippen LogP contribution in [0, 0.1) is 6.92 Å². The highest BCUT2D eigenvalue weighted by atomic mass is 16.5. The molecule has 160 valence electrons. The van der Waals surface area contributed by atoms with Crippen molar-refractivity contribution in [3.8, 4) is 5.75 Å². The Balaban J connectivity index is 1.88. The topological polar surface area (TPSA) is 137 Å². The lowest BCUT2D eigenvalue weighted by molar-refractivity contribution is 0.0878. The minimum absolute atomic E-state index is 0.0424. The number of ether oxygens (including phenoxy) is 2. The maximum atomic E-state index is 11.4. The summed E-state index contributed by atoms with van der Waals surface area (Å²) >= 11 is 0. The number of phenolic OH excluding ortho intramolecular Hbond substituents is 1. The van der Waals surface area contributed by atoms with Crippen LogP contribution in [0.1, 0.15) is 48.6 Å². The van der Waals surface area contributed by atoms with Crippen LogP contribution in [0.3, 0.4) is 0 Å². The molecule has 0 unspecified atom stereocenters. The van der Waals surface area contributed by atoms with E-state index in [2.05, 4.69) is 0 Å². The molecule has 0 spiro atoms. The second-order valence-corrected chi connectivity index (χ2v) is 8.47. The molecule has 5 rings (SSSR count). The first-order chi connectivity index (χ1) is 14.4. The van der Waals surface area contributed by atoms with Crippen molar-refractivity contribution in [1.82, 2.24) is 4.57 Å². The van der Waals surface area contributed by atoms with Gasteiger partial charge in [0, 0.05) is 30.2 Å². The Bertz CT molecular complexity index is 1170. The zero-order valence-electron chi connectivity index (χ0n) is 17.2. The van der Waals surface area contributed by atoms with E-state index in [1.807, 2.05) is 11.5 Å². The van der Waals surface area contributed by atoms with Gasteiger partial charge < -0.3 is 30.6 Å². The molecule has 1 fully saturated rings. The summed E-state index contributed by atoms with van der Waals surface area (Å²) in [7, 11) is 1.60. The number of primary amides is 1. The SMILES string of the molecule is CO[C@H]1c2c(COC(N)=O)c3c4c(c(C)c(O)c3n2C[C@@H]1N)=N[C@H]1CCCC[C@@H]1N=4. The van der Waals surface area contributed by atoms with Crippen LogP contribution in [0.4, 0.5) is 4.79 Å². The molecule has 0 radical (unpaired) electrons. The number of amides is 1. The molecule has 5 N–H and O–H groups in total. The fraction of sp³-hybridized carbons (Fsp3) is 0.571. The van der Waals surface area contributed by atoms with E-state index in [0.29, 0.717) is 17.6 Å². The molecule has 4 atom stereocenters. The number of hydrogen-bond acceptors (Lipinski definition) is 7. The number of aromatic nitrogens is 1. The summed E-state index contributed by atoms with van der Waals surface area (Å²) in [4.78, 5) is 21.5. The molecule has 30 heavy (non-hydrogen) atoms. The van der Waals surface area contributed by atoms with Crippen molar-refractivity contribution < 1.29 is 19.4 Å². The van der Waals surface area contributed by atoms with Crippen molar-refractivity contribution in [2.45, 2.75) is 70.0 Å². The molecule has 9 nitrogen and oxygen atoms in total. The number of nitrogens with two attached hydrogens (primary N) is 2. The molecule has 1 aromatic carbocycles. The van der Waals surface area contributed by atoms with E-state index in [1.54, 1.807) is 7.11 Å². The number of phenols is 1. The molecule has 2 aliphatic heterocycles. The van der Waals surface area contributed by atoms with Crippen molar-refractivity contribution in [3.63, 3.8) is 0 Å². The molecule has 1 saturated carbocycles. The summed E-state index contributed by atoms with van der Waals surface area (Å²) in [6.45, 7) is 2.31. The van der Waals surface area contributed by atoms with Crippen molar-refractivity contribution in [2.75, 3.05) is 7.11 Å². The Morgan fingerprint density at radius 2 is 1.90 bits per heavy atom. The van der Waals surface area contributed by atoms with Crippen molar-refractivity contribution in [3.05, 3.63) is 27.5 Å². The number of benzene rings is 1. The number of rotatable bonds is 3. The molecule has 1 aliphatic carbocycles. The summed E-state index contributed by atoms with van der Waals surface area (Å²) in [5.74, 6) is 0.160. The third kappa shape index (κ3) is 2.65. The molecule has 0 saturated heterocycles. The average Bonchev–Trinajstić information content (AvgIpc) is 3.21. The number of hydrogen-bond donors (Lipinski definition) is 3. The van der Waals surface area contributed by atoms with Gasteiger partial charge in [-0.1, -0.05) is 12.8 Å². The second-order valence-electron chi connectivity index (χ2n) is 8.47. The fourth-order valence-electron chi connectivity index (χ4n) is 5.38. The lowest BCUT2D eigenvalue weighted by atomic mass is 9.89. The van der Waals surface area contributed by atoms with Gasteiger partial charge in [0.15, 0.2) is 0 Å². The third-order valence-corrected chi connectivity index (χ3v) is 6.75. The van der Waals surface area contributed by atoms with E-state index >= 15 is 0 Å². The summed E-state index contributed by atoms with van der Waals surface area (Å²) in [6.07, 6.45) is 3.05. The van der Waals surface area contributed by atoms with Crippen LogP contribution in [0.5, 0.6) is 5.75 Å². The molecule has 9 heteroatoms. The molecule has 1 amide bonds. The maximum Gasteiger partial charge on any atom is 0.404 e. The predicted octanol–water partition coefficient (Wildman–Crippen LogP) is 0.843. The Morgan fingerprint density at radius 3 is 2.53 bits per heavy atom. The third-order valence-electron chi connectivity index (χ3n) is 6.75. The zero-order valence-corrected chi connectivity index (χ0v) is 17.2. The van der Waals surface area contributed by atoms with Crippen LogP contribution in [0.15, 0.2) is 9.98 Å². The van der Waals surface area contributed by atoms with E-state index < -0.39 is 6.09 Å². The summed E-state index contributed by atoms with van der Waals surface area (Å²) in [5, 5.41) is 13.4. The molecular formula is C21H27N5O4. The van der Waals surface area contributed by atoms with Gasteiger partial charge >= 0.3 is 6.09 Å². The van der Waals surface area contributed by atoms with Crippen molar-refractivity contribution >= 4 is 17.0 Å². The van der Waals surface area contributed by atoms with Gasteiger partial charge in [-0.3, -0.25) is 9.98 Å². The highest BCUT2D eigenvalue weighted by molar-refractivity contribution is 5.91. The minimum Gasteiger partial charge on any atom is -0.505 e. The van der Waals surface area contributed by atoms with Crippen LogP contribution in [-0.2, 0) is 22.6 Å². The molecular weight excluding hydrogens is 386 g/mol. The first-order valence-electron chi connectivity index (χ1n) is 10.4. The van der Waals surface area contributed by atoms with E-state index in [-0.39, 0.29) is 36.6 Å². The molecule has 1 aromatic heterocycles. The molecule has 2 aromatic rings. The van der Waals surface area contributed by atoms with E-state index in [0.717, 1.165) is 53.0 Å². The number of fused-ring (bicyclic) bond motifs is 6. The Morgan fingerprint density at radius 1 is 1.23 bits per heavy atom. The Labute approximate surface area is 173 Å². The lowest BCUT2D eigenvalue weighted by Crippen LogP contribution is -2.42. The van der Waals surface area contributed by atoms with E-state index in [9.17, 15) is 9.90 Å². The number of methoxy groups -OCH3 is 1. The van der Waals surface area contributed by atoms with Gasteiger partial charge in [0.1, 0.15) is 18.5 Å². The van der Waals surface area contributed by atoms with Gasteiger partial charge in [-0.05, 0) is 19.8 Å². The second kappa shape index (κ2) is 6.95. The first kappa shape index (κ1) is 19.3. The normalized spacial score (nSPS) is 27.0. The number of aromatic hydroxyl groups is 1. The summed E-state index contributed by atoms with van der Waals surface area (Å²) < 4.78 is 12.8. The smallest absolute Gasteiger partial charge is 0.404 e. The molecule has 0 bridgehead atoms. The van der Waals surface area contributed by atoms with Crippen LogP contribution in [0.25, 0.3) is 10.9 Å². The van der Waals surface area contributed by atoms with Crippen LogP contribution in [-0.4, -0.2) is 41.0 Å². The largest absolute Gasteiger partial charge is 0.505 e. The van der Waals surface area contributed by atoms with Crippen LogP contribution < -0.4 is 22.2 Å². The van der Waals surface area contributed by atoms with Crippen molar-refractivity contribution in [2.24, 2.45) is 21.5 Å². The summed E-state index contributed by atoms with van der Waals surface area (Å²) in [5.41, 5.74) is 14.4.